The van der Waals surface area contributed by atoms with Crippen LogP contribution in [-0.2, 0) is 14.3 Å². The summed E-state index contributed by atoms with van der Waals surface area (Å²) in [5, 5.41) is 2.90. The molecule has 3 N–H and O–H groups in total. The van der Waals surface area contributed by atoms with Gasteiger partial charge in [-0.2, -0.15) is 0 Å². The number of nitrogens with two attached hydrogens (primary N) is 1. The van der Waals surface area contributed by atoms with Crippen LogP contribution in [0.25, 0.3) is 0 Å². The molecule has 0 fully saturated rings. The fourth-order valence-corrected chi connectivity index (χ4v) is 2.05. The van der Waals surface area contributed by atoms with Crippen molar-refractivity contribution in [1.82, 2.24) is 4.90 Å². The van der Waals surface area contributed by atoms with Crippen LogP contribution in [-0.4, -0.2) is 57.4 Å². The first-order valence-corrected chi connectivity index (χ1v) is 7.38. The molecule has 6 heteroatoms. The van der Waals surface area contributed by atoms with Gasteiger partial charge < -0.3 is 20.5 Å². The van der Waals surface area contributed by atoms with E-state index in [0.717, 1.165) is 5.56 Å². The molecule has 0 aliphatic rings. The molecule has 1 atom stereocenters. The van der Waals surface area contributed by atoms with Crippen LogP contribution in [0.3, 0.4) is 0 Å². The largest absolute Gasteiger partial charge is 0.398 e. The Morgan fingerprint density at radius 2 is 1.86 bits per heavy atom. The number of hydrogen-bond donors (Lipinski definition) is 2. The van der Waals surface area contributed by atoms with E-state index in [1.54, 1.807) is 20.3 Å². The normalized spacial score (nSPS) is 12.4. The Balaban J connectivity index is 2.68. The van der Waals surface area contributed by atoms with E-state index in [-0.39, 0.29) is 11.9 Å². The lowest BCUT2D eigenvalue weighted by atomic mass is 10.1. The lowest BCUT2D eigenvalue weighted by molar-refractivity contribution is -0.121. The molecule has 1 amide bonds. The summed E-state index contributed by atoms with van der Waals surface area (Å²) in [7, 11) is 3.29. The van der Waals surface area contributed by atoms with Crippen molar-refractivity contribution in [2.45, 2.75) is 19.9 Å². The molecule has 1 unspecified atom stereocenters. The van der Waals surface area contributed by atoms with Gasteiger partial charge in [-0.1, -0.05) is 6.07 Å². The zero-order valence-corrected chi connectivity index (χ0v) is 13.9. The SMILES string of the molecule is COCCN(CCOC)C(C)C(=O)Nc1ccc(C)c(N)c1. The lowest BCUT2D eigenvalue weighted by Gasteiger charge is -2.27. The molecular weight excluding hydrogens is 282 g/mol. The van der Waals surface area contributed by atoms with Crippen molar-refractivity contribution in [2.24, 2.45) is 0 Å². The molecule has 0 spiro atoms. The second-order valence-corrected chi connectivity index (χ2v) is 5.26. The van der Waals surface area contributed by atoms with Gasteiger partial charge in [-0.25, -0.2) is 0 Å². The fraction of sp³-hybridized carbons (Fsp3) is 0.562. The van der Waals surface area contributed by atoms with E-state index in [1.807, 2.05) is 30.9 Å². The van der Waals surface area contributed by atoms with Crippen LogP contribution in [0.2, 0.25) is 0 Å². The number of benzene rings is 1. The molecule has 0 radical (unpaired) electrons. The van der Waals surface area contributed by atoms with E-state index in [2.05, 4.69) is 5.32 Å². The predicted molar refractivity (Wildman–Crippen MR) is 89.0 cm³/mol. The maximum absolute atomic E-state index is 12.4. The first-order valence-electron chi connectivity index (χ1n) is 7.38. The Labute approximate surface area is 132 Å². The van der Waals surface area contributed by atoms with E-state index >= 15 is 0 Å². The second kappa shape index (κ2) is 9.40. The van der Waals surface area contributed by atoms with Crippen LogP contribution in [0.5, 0.6) is 0 Å². The Morgan fingerprint density at radius 3 is 2.36 bits per heavy atom. The zero-order valence-electron chi connectivity index (χ0n) is 13.9. The van der Waals surface area contributed by atoms with Gasteiger partial charge >= 0.3 is 0 Å². The first kappa shape index (κ1) is 18.4. The minimum absolute atomic E-state index is 0.0736. The number of methoxy groups -OCH3 is 2. The molecule has 0 saturated heterocycles. The third-order valence-electron chi connectivity index (χ3n) is 3.64. The molecule has 0 aromatic heterocycles. The Morgan fingerprint density at radius 1 is 1.27 bits per heavy atom. The third-order valence-corrected chi connectivity index (χ3v) is 3.64. The highest BCUT2D eigenvalue weighted by atomic mass is 16.5. The molecule has 1 aromatic rings. The molecule has 0 bridgehead atoms. The van der Waals surface area contributed by atoms with Gasteiger partial charge in [0.05, 0.1) is 19.3 Å². The van der Waals surface area contributed by atoms with Gasteiger partial charge in [-0.15, -0.1) is 0 Å². The number of anilines is 2. The average molecular weight is 309 g/mol. The highest BCUT2D eigenvalue weighted by Crippen LogP contribution is 2.17. The van der Waals surface area contributed by atoms with Gasteiger partial charge in [-0.05, 0) is 31.5 Å². The Bertz CT molecular complexity index is 472. The first-order chi connectivity index (χ1) is 10.5. The highest BCUT2D eigenvalue weighted by molar-refractivity contribution is 5.95. The van der Waals surface area contributed by atoms with E-state index in [9.17, 15) is 4.79 Å². The number of nitrogen functional groups attached to an aromatic ring is 1. The highest BCUT2D eigenvalue weighted by Gasteiger charge is 2.21. The van der Waals surface area contributed by atoms with Crippen molar-refractivity contribution >= 4 is 17.3 Å². The van der Waals surface area contributed by atoms with E-state index in [0.29, 0.717) is 37.7 Å². The number of aryl methyl sites for hydroxylation is 1. The van der Waals surface area contributed by atoms with Crippen LogP contribution < -0.4 is 11.1 Å². The summed E-state index contributed by atoms with van der Waals surface area (Å²) in [6.07, 6.45) is 0. The van der Waals surface area contributed by atoms with Crippen molar-refractivity contribution in [2.75, 3.05) is 51.6 Å². The maximum atomic E-state index is 12.4. The molecule has 22 heavy (non-hydrogen) atoms. The number of ether oxygens (including phenoxy) is 2. The van der Waals surface area contributed by atoms with E-state index < -0.39 is 0 Å². The number of nitrogens with one attached hydrogen (secondary N) is 1. The number of nitrogens with zero attached hydrogens (tertiary/aromatic N) is 1. The summed E-state index contributed by atoms with van der Waals surface area (Å²) in [6.45, 7) is 6.28. The van der Waals surface area contributed by atoms with Gasteiger partial charge in [0.15, 0.2) is 0 Å². The summed E-state index contributed by atoms with van der Waals surface area (Å²) in [5.41, 5.74) is 8.24. The van der Waals surface area contributed by atoms with Gasteiger partial charge in [0, 0.05) is 38.7 Å². The predicted octanol–water partition coefficient (Wildman–Crippen LogP) is 1.50. The molecule has 1 aromatic carbocycles. The second-order valence-electron chi connectivity index (χ2n) is 5.26. The lowest BCUT2D eigenvalue weighted by Crippen LogP contribution is -2.45. The van der Waals surface area contributed by atoms with Crippen molar-refractivity contribution in [1.29, 1.82) is 0 Å². The zero-order chi connectivity index (χ0) is 16.5. The summed E-state index contributed by atoms with van der Waals surface area (Å²) in [4.78, 5) is 14.4. The van der Waals surface area contributed by atoms with Gasteiger partial charge in [0.25, 0.3) is 0 Å². The van der Waals surface area contributed by atoms with Gasteiger partial charge in [-0.3, -0.25) is 9.69 Å². The summed E-state index contributed by atoms with van der Waals surface area (Å²) in [5.74, 6) is -0.0736. The van der Waals surface area contributed by atoms with Gasteiger partial charge in [0.2, 0.25) is 5.91 Å². The average Bonchev–Trinajstić information content (AvgIpc) is 2.50. The minimum atomic E-state index is -0.284. The quantitative estimate of drug-likeness (QED) is 0.676. The molecule has 0 aliphatic heterocycles. The van der Waals surface area contributed by atoms with Crippen LogP contribution in [0, 0.1) is 6.92 Å². The Hall–Kier alpha value is -1.63. The van der Waals surface area contributed by atoms with E-state index in [1.165, 1.54) is 0 Å². The molecule has 1 rings (SSSR count). The Kier molecular flexibility index (Phi) is 7.87. The molecular formula is C16H27N3O3. The molecule has 124 valence electrons. The number of hydrogen-bond acceptors (Lipinski definition) is 5. The number of rotatable bonds is 9. The monoisotopic (exact) mass is 309 g/mol. The topological polar surface area (TPSA) is 76.8 Å². The van der Waals surface area contributed by atoms with Gasteiger partial charge in [0.1, 0.15) is 0 Å². The van der Waals surface area contributed by atoms with Crippen molar-refractivity contribution in [3.63, 3.8) is 0 Å². The smallest absolute Gasteiger partial charge is 0.241 e. The van der Waals surface area contributed by atoms with Crippen LogP contribution in [0.4, 0.5) is 11.4 Å². The molecule has 0 saturated carbocycles. The van der Waals surface area contributed by atoms with Crippen molar-refractivity contribution < 1.29 is 14.3 Å². The third kappa shape index (κ3) is 5.63. The summed E-state index contributed by atoms with van der Waals surface area (Å²) < 4.78 is 10.2. The molecule has 6 nitrogen and oxygen atoms in total. The molecule has 0 aliphatic carbocycles. The van der Waals surface area contributed by atoms with Crippen LogP contribution >= 0.6 is 0 Å². The van der Waals surface area contributed by atoms with E-state index in [4.69, 9.17) is 15.2 Å². The van der Waals surface area contributed by atoms with Crippen LogP contribution in [0.1, 0.15) is 12.5 Å². The van der Waals surface area contributed by atoms with Crippen molar-refractivity contribution in [3.05, 3.63) is 23.8 Å². The molecule has 0 heterocycles. The maximum Gasteiger partial charge on any atom is 0.241 e. The minimum Gasteiger partial charge on any atom is -0.398 e. The number of amides is 1. The number of carbonyl (C=O) groups excluding carboxylic acids is 1. The van der Waals surface area contributed by atoms with Crippen LogP contribution in [0.15, 0.2) is 18.2 Å². The standard InChI is InChI=1S/C16H27N3O3/c1-12-5-6-14(11-15(12)17)18-16(20)13(2)19(7-9-21-3)8-10-22-4/h5-6,11,13H,7-10,17H2,1-4H3,(H,18,20). The summed E-state index contributed by atoms with van der Waals surface area (Å²) in [6, 6.07) is 5.23. The number of carbonyl (C=O) groups is 1. The van der Waals surface area contributed by atoms with Crippen molar-refractivity contribution in [3.8, 4) is 0 Å². The summed E-state index contributed by atoms with van der Waals surface area (Å²) >= 11 is 0. The fourth-order valence-electron chi connectivity index (χ4n) is 2.05.